The molecule has 0 heterocycles. The van der Waals surface area contributed by atoms with Crippen LogP contribution in [0.2, 0.25) is 0 Å². The predicted molar refractivity (Wildman–Crippen MR) is 75.5 cm³/mol. The van der Waals surface area contributed by atoms with E-state index in [1.54, 1.807) is 30.3 Å². The monoisotopic (exact) mass is 274 g/mol. The molecule has 0 unspecified atom stereocenters. The van der Waals surface area contributed by atoms with E-state index in [4.69, 9.17) is 5.73 Å². The van der Waals surface area contributed by atoms with Gasteiger partial charge in [-0.2, -0.15) is 8.42 Å². The van der Waals surface area contributed by atoms with Gasteiger partial charge in [-0.1, -0.05) is 48.0 Å². The normalized spacial score (nSPS) is 12.4. The van der Waals surface area contributed by atoms with Gasteiger partial charge in [0.2, 0.25) is 0 Å². The SMILES string of the molecule is Cc1ccc(/C(N)=N\S(=O)(=O)c2ccccc2)cc1. The second-order valence-electron chi connectivity index (χ2n) is 4.13. The molecule has 0 aliphatic heterocycles. The highest BCUT2D eigenvalue weighted by Crippen LogP contribution is 2.12. The fraction of sp³-hybridized carbons (Fsp3) is 0.0714. The minimum Gasteiger partial charge on any atom is -0.383 e. The topological polar surface area (TPSA) is 72.5 Å². The van der Waals surface area contributed by atoms with E-state index < -0.39 is 10.0 Å². The maximum absolute atomic E-state index is 12.0. The lowest BCUT2D eigenvalue weighted by Crippen LogP contribution is -2.16. The van der Waals surface area contributed by atoms with E-state index >= 15 is 0 Å². The van der Waals surface area contributed by atoms with Crippen molar-refractivity contribution in [2.75, 3.05) is 0 Å². The highest BCUT2D eigenvalue weighted by molar-refractivity contribution is 7.90. The van der Waals surface area contributed by atoms with Gasteiger partial charge in [-0.25, -0.2) is 0 Å². The Kier molecular flexibility index (Phi) is 3.66. The number of benzene rings is 2. The Labute approximate surface area is 112 Å². The van der Waals surface area contributed by atoms with Crippen molar-refractivity contribution in [3.8, 4) is 0 Å². The number of amidine groups is 1. The van der Waals surface area contributed by atoms with Crippen LogP contribution >= 0.6 is 0 Å². The molecule has 2 aromatic carbocycles. The van der Waals surface area contributed by atoms with Crippen LogP contribution in [0.5, 0.6) is 0 Å². The fourth-order valence-electron chi connectivity index (χ4n) is 1.55. The van der Waals surface area contributed by atoms with Crippen LogP contribution in [0, 0.1) is 6.92 Å². The van der Waals surface area contributed by atoms with E-state index in [1.165, 1.54) is 12.1 Å². The van der Waals surface area contributed by atoms with Crippen LogP contribution in [0.1, 0.15) is 11.1 Å². The zero-order chi connectivity index (χ0) is 13.9. The summed E-state index contributed by atoms with van der Waals surface area (Å²) in [6.07, 6.45) is 0. The van der Waals surface area contributed by atoms with Gasteiger partial charge in [0.25, 0.3) is 10.0 Å². The summed E-state index contributed by atoms with van der Waals surface area (Å²) in [5.74, 6) is -0.0103. The summed E-state index contributed by atoms with van der Waals surface area (Å²) in [5, 5.41) is 0. The van der Waals surface area contributed by atoms with E-state index in [0.29, 0.717) is 5.56 Å². The van der Waals surface area contributed by atoms with Crippen LogP contribution < -0.4 is 5.73 Å². The fourth-order valence-corrected chi connectivity index (χ4v) is 2.52. The molecule has 0 saturated carbocycles. The number of hydrogen-bond donors (Lipinski definition) is 1. The molecule has 0 bridgehead atoms. The summed E-state index contributed by atoms with van der Waals surface area (Å²) < 4.78 is 27.7. The van der Waals surface area contributed by atoms with Crippen LogP contribution in [0.25, 0.3) is 0 Å². The second kappa shape index (κ2) is 5.24. The number of sulfonamides is 1. The molecule has 0 aliphatic carbocycles. The maximum atomic E-state index is 12.0. The van der Waals surface area contributed by atoms with E-state index in [-0.39, 0.29) is 10.7 Å². The molecule has 98 valence electrons. The Hall–Kier alpha value is -2.14. The zero-order valence-corrected chi connectivity index (χ0v) is 11.3. The Morgan fingerprint density at radius 3 is 2.16 bits per heavy atom. The average Bonchev–Trinajstić information content (AvgIpc) is 2.40. The van der Waals surface area contributed by atoms with Gasteiger partial charge in [0, 0.05) is 5.56 Å². The van der Waals surface area contributed by atoms with Crippen molar-refractivity contribution >= 4 is 15.9 Å². The van der Waals surface area contributed by atoms with E-state index in [1.807, 2.05) is 19.1 Å². The molecular formula is C14H14N2O2S. The molecule has 0 fully saturated rings. The average molecular weight is 274 g/mol. The first-order valence-corrected chi connectivity index (χ1v) is 7.15. The van der Waals surface area contributed by atoms with Gasteiger partial charge >= 0.3 is 0 Å². The zero-order valence-electron chi connectivity index (χ0n) is 10.4. The van der Waals surface area contributed by atoms with Gasteiger partial charge in [-0.15, -0.1) is 4.40 Å². The standard InChI is InChI=1S/C14H14N2O2S/c1-11-7-9-12(10-8-11)14(15)16-19(17,18)13-5-3-2-4-6-13/h2-10H,1H3,(H2,15,16). The van der Waals surface area contributed by atoms with Crippen molar-refractivity contribution in [2.45, 2.75) is 11.8 Å². The molecule has 5 heteroatoms. The summed E-state index contributed by atoms with van der Waals surface area (Å²) in [4.78, 5) is 0.130. The van der Waals surface area contributed by atoms with E-state index in [0.717, 1.165) is 5.56 Å². The Morgan fingerprint density at radius 1 is 1.00 bits per heavy atom. The third kappa shape index (κ3) is 3.20. The summed E-state index contributed by atoms with van der Waals surface area (Å²) in [7, 11) is -3.75. The Morgan fingerprint density at radius 2 is 1.58 bits per heavy atom. The minimum absolute atomic E-state index is 0.0103. The molecule has 0 radical (unpaired) electrons. The third-order valence-corrected chi connectivity index (χ3v) is 3.91. The van der Waals surface area contributed by atoms with Gasteiger partial charge in [0.1, 0.15) is 5.84 Å². The first-order chi connectivity index (χ1) is 8.99. The van der Waals surface area contributed by atoms with Crippen molar-refractivity contribution < 1.29 is 8.42 Å². The quantitative estimate of drug-likeness (QED) is 0.688. The van der Waals surface area contributed by atoms with Gasteiger partial charge in [-0.05, 0) is 19.1 Å². The van der Waals surface area contributed by atoms with Crippen LogP contribution in [0.15, 0.2) is 63.9 Å². The number of aryl methyl sites for hydroxylation is 1. The van der Waals surface area contributed by atoms with Crippen LogP contribution in [-0.4, -0.2) is 14.3 Å². The van der Waals surface area contributed by atoms with Crippen LogP contribution in [0.4, 0.5) is 0 Å². The first-order valence-electron chi connectivity index (χ1n) is 5.71. The molecule has 0 saturated heterocycles. The number of hydrogen-bond acceptors (Lipinski definition) is 2. The lowest BCUT2D eigenvalue weighted by molar-refractivity contribution is 0.598. The van der Waals surface area contributed by atoms with Crippen molar-refractivity contribution in [3.63, 3.8) is 0 Å². The van der Waals surface area contributed by atoms with Gasteiger partial charge < -0.3 is 5.73 Å². The molecule has 0 aliphatic rings. The molecule has 0 aromatic heterocycles. The smallest absolute Gasteiger partial charge is 0.284 e. The Bertz CT molecular complexity index is 690. The highest BCUT2D eigenvalue weighted by Gasteiger charge is 2.13. The molecule has 2 aromatic rings. The lowest BCUT2D eigenvalue weighted by atomic mass is 10.1. The summed E-state index contributed by atoms with van der Waals surface area (Å²) in [6, 6.07) is 15.2. The maximum Gasteiger partial charge on any atom is 0.284 e. The van der Waals surface area contributed by atoms with Crippen molar-refractivity contribution in [1.29, 1.82) is 0 Å². The van der Waals surface area contributed by atoms with Crippen molar-refractivity contribution in [3.05, 3.63) is 65.7 Å². The van der Waals surface area contributed by atoms with E-state index in [9.17, 15) is 8.42 Å². The molecule has 0 atom stereocenters. The summed E-state index contributed by atoms with van der Waals surface area (Å²) in [6.45, 7) is 1.94. The van der Waals surface area contributed by atoms with Crippen LogP contribution in [-0.2, 0) is 10.0 Å². The summed E-state index contributed by atoms with van der Waals surface area (Å²) in [5.41, 5.74) is 7.40. The molecule has 4 nitrogen and oxygen atoms in total. The molecule has 0 spiro atoms. The second-order valence-corrected chi connectivity index (χ2v) is 5.73. The molecular weight excluding hydrogens is 260 g/mol. The van der Waals surface area contributed by atoms with Crippen LogP contribution in [0.3, 0.4) is 0 Å². The highest BCUT2D eigenvalue weighted by atomic mass is 32.2. The molecule has 2 N–H and O–H groups in total. The van der Waals surface area contributed by atoms with Gasteiger partial charge in [0.05, 0.1) is 4.90 Å². The lowest BCUT2D eigenvalue weighted by Gasteiger charge is -2.02. The number of rotatable bonds is 3. The van der Waals surface area contributed by atoms with Gasteiger partial charge in [0.15, 0.2) is 0 Å². The number of nitrogens with zero attached hydrogens (tertiary/aromatic N) is 1. The van der Waals surface area contributed by atoms with Crippen molar-refractivity contribution in [1.82, 2.24) is 0 Å². The summed E-state index contributed by atoms with van der Waals surface area (Å²) >= 11 is 0. The molecule has 19 heavy (non-hydrogen) atoms. The van der Waals surface area contributed by atoms with Crippen molar-refractivity contribution in [2.24, 2.45) is 10.1 Å². The first kappa shape index (κ1) is 13.3. The minimum atomic E-state index is -3.75. The van der Waals surface area contributed by atoms with Gasteiger partial charge in [-0.3, -0.25) is 0 Å². The third-order valence-electron chi connectivity index (χ3n) is 2.61. The Balaban J connectivity index is 2.38. The van der Waals surface area contributed by atoms with E-state index in [2.05, 4.69) is 4.40 Å². The molecule has 0 amide bonds. The number of nitrogens with two attached hydrogens (primary N) is 1. The molecule has 2 rings (SSSR count). The largest absolute Gasteiger partial charge is 0.383 e. The predicted octanol–water partition coefficient (Wildman–Crippen LogP) is 2.09.